The molecule has 0 aliphatic heterocycles. The molecule has 1 N–H and O–H groups in total. The highest BCUT2D eigenvalue weighted by atomic mass is 16.5. The first-order valence-electron chi connectivity index (χ1n) is 10.1. The number of carbonyl (C=O) groups excluding carboxylic acids is 2. The number of aromatic nitrogens is 2. The summed E-state index contributed by atoms with van der Waals surface area (Å²) in [5.41, 5.74) is 2.31. The van der Waals surface area contributed by atoms with Crippen LogP contribution in [-0.2, 0) is 20.9 Å². The van der Waals surface area contributed by atoms with Crippen molar-refractivity contribution in [3.05, 3.63) is 70.7 Å². The maximum absolute atomic E-state index is 12.5. The molecule has 0 fully saturated rings. The number of benzene rings is 2. The lowest BCUT2D eigenvalue weighted by Crippen LogP contribution is -2.32. The minimum Gasteiger partial charge on any atom is -0.451 e. The molecular weight excluding hydrogens is 398 g/mol. The fourth-order valence-corrected chi connectivity index (χ4v) is 3.01. The zero-order valence-corrected chi connectivity index (χ0v) is 17.7. The number of esters is 1. The SMILES string of the molecule is CC[C@H](C)c1ccccc1NC(=O)[C@H](C)OC(=O)Cn1nc(-c2ccccc2)oc1=O. The van der Waals surface area contributed by atoms with E-state index in [9.17, 15) is 14.4 Å². The molecule has 31 heavy (non-hydrogen) atoms. The fourth-order valence-electron chi connectivity index (χ4n) is 3.01. The predicted molar refractivity (Wildman–Crippen MR) is 116 cm³/mol. The Bertz CT molecular complexity index is 1100. The number of nitrogens with one attached hydrogen (secondary N) is 1. The molecule has 8 heteroatoms. The lowest BCUT2D eigenvalue weighted by Gasteiger charge is -2.18. The van der Waals surface area contributed by atoms with Gasteiger partial charge in [-0.1, -0.05) is 50.2 Å². The second kappa shape index (κ2) is 9.88. The summed E-state index contributed by atoms with van der Waals surface area (Å²) in [5, 5.41) is 6.83. The van der Waals surface area contributed by atoms with Gasteiger partial charge in [0, 0.05) is 11.3 Å². The molecule has 0 aliphatic rings. The average Bonchev–Trinajstić information content (AvgIpc) is 3.14. The third-order valence-electron chi connectivity index (χ3n) is 4.95. The van der Waals surface area contributed by atoms with Crippen LogP contribution in [0.15, 0.2) is 63.8 Å². The van der Waals surface area contributed by atoms with Crippen molar-refractivity contribution in [3.8, 4) is 11.5 Å². The predicted octanol–water partition coefficient (Wildman–Crippen LogP) is 3.59. The van der Waals surface area contributed by atoms with Crippen LogP contribution in [0.1, 0.15) is 38.7 Å². The highest BCUT2D eigenvalue weighted by Gasteiger charge is 2.21. The second-order valence-corrected chi connectivity index (χ2v) is 7.21. The van der Waals surface area contributed by atoms with Gasteiger partial charge in [0.05, 0.1) is 0 Å². The van der Waals surface area contributed by atoms with Gasteiger partial charge in [-0.15, -0.1) is 5.10 Å². The number of para-hydroxylation sites is 1. The molecule has 0 bridgehead atoms. The largest absolute Gasteiger partial charge is 0.451 e. The van der Waals surface area contributed by atoms with E-state index in [2.05, 4.69) is 24.3 Å². The Hall–Kier alpha value is -3.68. The lowest BCUT2D eigenvalue weighted by molar-refractivity contribution is -0.154. The third-order valence-corrected chi connectivity index (χ3v) is 4.95. The molecule has 0 radical (unpaired) electrons. The molecule has 0 spiro atoms. The summed E-state index contributed by atoms with van der Waals surface area (Å²) < 4.78 is 11.1. The van der Waals surface area contributed by atoms with E-state index < -0.39 is 30.3 Å². The molecule has 2 aromatic carbocycles. The monoisotopic (exact) mass is 423 g/mol. The van der Waals surface area contributed by atoms with Crippen molar-refractivity contribution < 1.29 is 18.7 Å². The molecule has 3 aromatic rings. The summed E-state index contributed by atoms with van der Waals surface area (Å²) in [6, 6.07) is 16.4. The maximum Gasteiger partial charge on any atom is 0.437 e. The molecule has 1 aromatic heterocycles. The fraction of sp³-hybridized carbons (Fsp3) is 0.304. The zero-order valence-electron chi connectivity index (χ0n) is 17.7. The van der Waals surface area contributed by atoms with Crippen LogP contribution < -0.4 is 11.1 Å². The van der Waals surface area contributed by atoms with Crippen molar-refractivity contribution >= 4 is 17.6 Å². The number of hydrogen-bond donors (Lipinski definition) is 1. The van der Waals surface area contributed by atoms with Crippen LogP contribution in [0, 0.1) is 0 Å². The van der Waals surface area contributed by atoms with Crippen molar-refractivity contribution in [1.82, 2.24) is 9.78 Å². The zero-order chi connectivity index (χ0) is 22.4. The highest BCUT2D eigenvalue weighted by molar-refractivity contribution is 5.95. The molecule has 162 valence electrons. The van der Waals surface area contributed by atoms with E-state index in [1.807, 2.05) is 30.3 Å². The first-order chi connectivity index (χ1) is 14.9. The highest BCUT2D eigenvalue weighted by Crippen LogP contribution is 2.26. The van der Waals surface area contributed by atoms with Crippen LogP contribution in [0.3, 0.4) is 0 Å². The van der Waals surface area contributed by atoms with Gasteiger partial charge in [-0.2, -0.15) is 4.68 Å². The maximum atomic E-state index is 12.5. The molecule has 0 unspecified atom stereocenters. The Labute approximate surface area is 179 Å². The molecule has 1 heterocycles. The minimum absolute atomic E-state index is 0.103. The van der Waals surface area contributed by atoms with Gasteiger partial charge >= 0.3 is 11.7 Å². The molecule has 1 amide bonds. The van der Waals surface area contributed by atoms with E-state index in [0.717, 1.165) is 16.7 Å². The van der Waals surface area contributed by atoms with Gasteiger partial charge in [-0.25, -0.2) is 4.79 Å². The first-order valence-corrected chi connectivity index (χ1v) is 10.1. The quantitative estimate of drug-likeness (QED) is 0.556. The Balaban J connectivity index is 1.62. The molecule has 3 rings (SSSR count). The van der Waals surface area contributed by atoms with Gasteiger partial charge in [0.2, 0.25) is 5.89 Å². The third kappa shape index (κ3) is 5.48. The number of anilines is 1. The number of ether oxygens (including phenoxy) is 1. The summed E-state index contributed by atoms with van der Waals surface area (Å²) in [6.07, 6.45) is -0.122. The molecule has 2 atom stereocenters. The molecule has 0 saturated heterocycles. The summed E-state index contributed by atoms with van der Waals surface area (Å²) >= 11 is 0. The number of hydrogen-bond acceptors (Lipinski definition) is 6. The summed E-state index contributed by atoms with van der Waals surface area (Å²) in [7, 11) is 0. The number of rotatable bonds is 8. The smallest absolute Gasteiger partial charge is 0.437 e. The second-order valence-electron chi connectivity index (χ2n) is 7.21. The Kier molecular flexibility index (Phi) is 7.02. The van der Waals surface area contributed by atoms with Crippen molar-refractivity contribution in [1.29, 1.82) is 0 Å². The lowest BCUT2D eigenvalue weighted by atomic mass is 9.97. The van der Waals surface area contributed by atoms with Crippen LogP contribution >= 0.6 is 0 Å². The van der Waals surface area contributed by atoms with Crippen molar-refractivity contribution in [2.75, 3.05) is 5.32 Å². The summed E-state index contributed by atoms with van der Waals surface area (Å²) in [4.78, 5) is 36.8. The minimum atomic E-state index is -1.05. The van der Waals surface area contributed by atoms with Crippen LogP contribution in [-0.4, -0.2) is 27.8 Å². The van der Waals surface area contributed by atoms with Gasteiger partial charge in [-0.05, 0) is 43.0 Å². The van der Waals surface area contributed by atoms with Crippen LogP contribution in [0.4, 0.5) is 5.69 Å². The Morgan fingerprint density at radius 2 is 1.77 bits per heavy atom. The van der Waals surface area contributed by atoms with E-state index in [1.54, 1.807) is 24.3 Å². The van der Waals surface area contributed by atoms with Gasteiger partial charge in [-0.3, -0.25) is 9.59 Å². The van der Waals surface area contributed by atoms with E-state index in [1.165, 1.54) is 6.92 Å². The average molecular weight is 423 g/mol. The van der Waals surface area contributed by atoms with Crippen LogP contribution in [0.2, 0.25) is 0 Å². The molecule has 8 nitrogen and oxygen atoms in total. The number of carbonyl (C=O) groups is 2. The number of amides is 1. The van der Waals surface area contributed by atoms with Crippen molar-refractivity contribution in [2.45, 2.75) is 45.8 Å². The standard InChI is InChI=1S/C23H25N3O5/c1-4-15(2)18-12-8-9-13-19(18)24-21(28)16(3)30-20(27)14-26-23(29)31-22(25-26)17-10-6-5-7-11-17/h5-13,15-16H,4,14H2,1-3H3,(H,24,28)/t15-,16-/m0/s1. The summed E-state index contributed by atoms with van der Waals surface area (Å²) in [6.45, 7) is 5.16. The molecule has 0 saturated carbocycles. The molecule has 0 aliphatic carbocycles. The Morgan fingerprint density at radius 3 is 2.48 bits per heavy atom. The first kappa shape index (κ1) is 22.0. The van der Waals surface area contributed by atoms with Crippen LogP contribution in [0.25, 0.3) is 11.5 Å². The van der Waals surface area contributed by atoms with Crippen molar-refractivity contribution in [3.63, 3.8) is 0 Å². The van der Waals surface area contributed by atoms with Gasteiger partial charge in [0.25, 0.3) is 5.91 Å². The molecular formula is C23H25N3O5. The normalized spacial score (nSPS) is 12.7. The van der Waals surface area contributed by atoms with E-state index >= 15 is 0 Å². The van der Waals surface area contributed by atoms with Crippen LogP contribution in [0.5, 0.6) is 0 Å². The van der Waals surface area contributed by atoms with E-state index in [0.29, 0.717) is 11.3 Å². The van der Waals surface area contributed by atoms with Crippen molar-refractivity contribution in [2.24, 2.45) is 0 Å². The van der Waals surface area contributed by atoms with Gasteiger partial charge in [0.15, 0.2) is 6.10 Å². The van der Waals surface area contributed by atoms with Gasteiger partial charge in [0.1, 0.15) is 6.54 Å². The Morgan fingerprint density at radius 1 is 1.10 bits per heavy atom. The van der Waals surface area contributed by atoms with E-state index in [-0.39, 0.29) is 11.8 Å². The van der Waals surface area contributed by atoms with E-state index in [4.69, 9.17) is 9.15 Å². The topological polar surface area (TPSA) is 103 Å². The summed E-state index contributed by atoms with van der Waals surface area (Å²) in [5.74, 6) is -1.64. The van der Waals surface area contributed by atoms with Gasteiger partial charge < -0.3 is 14.5 Å². The number of nitrogens with zero attached hydrogens (tertiary/aromatic N) is 2.